The van der Waals surface area contributed by atoms with Crippen LogP contribution in [0.15, 0.2) is 24.3 Å². The molecule has 4 heterocycles. The lowest BCUT2D eigenvalue weighted by Crippen LogP contribution is -2.78. The number of halogens is 1. The molecule has 0 saturated carbocycles. The SMILES string of the molecule is CC(=O)OC[C@H]1O[C@H](O[C@@H]2[C@H](OC(C)=O)[C@@H](OC(C)=O)[C@H](O[C@@H]3[C@@H](CO)O[C@@H](O)[C@](C(C)Br)(N4C(=O)c5ccccc5C4=O)[C@H]3O)O[C@@H]2COC(C)=O)[C@H](OC(C)=O)[C@@H](OC(C)=O)[C@H]1OC(C)=O. The molecule has 25 nitrogen and oxygen atoms in total. The van der Waals surface area contributed by atoms with Gasteiger partial charge >= 0.3 is 41.8 Å². The topological polar surface area (TPSA) is 328 Å². The van der Waals surface area contributed by atoms with E-state index >= 15 is 0 Å². The first-order chi connectivity index (χ1) is 31.9. The highest BCUT2D eigenvalue weighted by Gasteiger charge is 2.67. The Kier molecular flexibility index (Phi) is 17.8. The smallest absolute Gasteiger partial charge is 0.303 e. The number of benzene rings is 1. The zero-order valence-electron chi connectivity index (χ0n) is 37.8. The summed E-state index contributed by atoms with van der Waals surface area (Å²) in [4.78, 5) is 115. The van der Waals surface area contributed by atoms with Gasteiger partial charge in [-0.05, 0) is 12.1 Å². The molecule has 0 spiro atoms. The van der Waals surface area contributed by atoms with Crippen molar-refractivity contribution in [1.82, 2.24) is 4.90 Å². The maximum Gasteiger partial charge on any atom is 0.303 e. The van der Waals surface area contributed by atoms with Crippen molar-refractivity contribution in [2.24, 2.45) is 0 Å². The number of hydrogen-bond acceptors (Lipinski definition) is 24. The van der Waals surface area contributed by atoms with Crippen molar-refractivity contribution in [3.05, 3.63) is 35.4 Å². The summed E-state index contributed by atoms with van der Waals surface area (Å²) in [7, 11) is 0. The highest BCUT2D eigenvalue weighted by atomic mass is 79.9. The molecule has 4 aliphatic heterocycles. The van der Waals surface area contributed by atoms with Gasteiger partial charge < -0.3 is 72.2 Å². The third kappa shape index (κ3) is 11.5. The van der Waals surface area contributed by atoms with Gasteiger partial charge in [0.1, 0.15) is 55.4 Å². The minimum atomic E-state index is -2.44. The molecule has 1 unspecified atom stereocenters. The molecule has 3 N–H and O–H groups in total. The van der Waals surface area contributed by atoms with Crippen molar-refractivity contribution in [2.45, 2.75) is 152 Å². The van der Waals surface area contributed by atoms with E-state index in [4.69, 9.17) is 56.8 Å². The number of imide groups is 1. The van der Waals surface area contributed by atoms with Crippen LogP contribution in [0.4, 0.5) is 0 Å². The number of nitrogens with zero attached hydrogens (tertiary/aromatic N) is 1. The van der Waals surface area contributed by atoms with Crippen LogP contribution in [0.5, 0.6) is 0 Å². The van der Waals surface area contributed by atoms with Crippen molar-refractivity contribution in [2.75, 3.05) is 19.8 Å². The third-order valence-electron chi connectivity index (χ3n) is 11.0. The molecule has 3 saturated heterocycles. The van der Waals surface area contributed by atoms with Crippen LogP contribution in [0.3, 0.4) is 0 Å². The van der Waals surface area contributed by atoms with E-state index in [1.807, 2.05) is 0 Å². The number of ether oxygens (including phenoxy) is 12. The van der Waals surface area contributed by atoms with Crippen LogP contribution in [0.1, 0.15) is 76.1 Å². The van der Waals surface area contributed by atoms with E-state index in [2.05, 4.69) is 15.9 Å². The number of carbonyl (C=O) groups is 9. The second kappa shape index (κ2) is 22.5. The van der Waals surface area contributed by atoms with Gasteiger partial charge in [0.25, 0.3) is 11.8 Å². The molecule has 2 amide bonds. The van der Waals surface area contributed by atoms with Crippen LogP contribution in [-0.4, -0.2) is 190 Å². The van der Waals surface area contributed by atoms with E-state index in [1.165, 1.54) is 31.2 Å². The van der Waals surface area contributed by atoms with Gasteiger partial charge in [-0.25, -0.2) is 0 Å². The van der Waals surface area contributed by atoms with Crippen molar-refractivity contribution in [1.29, 1.82) is 0 Å². The molecule has 0 aliphatic carbocycles. The number of rotatable bonds is 16. The predicted molar refractivity (Wildman–Crippen MR) is 220 cm³/mol. The van der Waals surface area contributed by atoms with Crippen molar-refractivity contribution < 1.29 is 115 Å². The lowest BCUT2D eigenvalue weighted by molar-refractivity contribution is -0.380. The van der Waals surface area contributed by atoms with Gasteiger partial charge in [-0.2, -0.15) is 0 Å². The molecule has 0 bridgehead atoms. The summed E-state index contributed by atoms with van der Waals surface area (Å²) in [6.45, 7) is 5.78. The number of aliphatic hydroxyl groups excluding tert-OH is 3. The Labute approximate surface area is 395 Å². The fourth-order valence-electron chi connectivity index (χ4n) is 8.40. The average Bonchev–Trinajstić information content (AvgIpc) is 3.49. The van der Waals surface area contributed by atoms with Gasteiger partial charge in [-0.15, -0.1) is 0 Å². The van der Waals surface area contributed by atoms with E-state index in [0.29, 0.717) is 4.90 Å². The monoisotopic (exact) mass is 1030 g/mol. The number of hydrogen-bond donors (Lipinski definition) is 3. The fourth-order valence-corrected chi connectivity index (χ4v) is 9.11. The number of amides is 2. The van der Waals surface area contributed by atoms with Gasteiger partial charge in [0.2, 0.25) is 0 Å². The maximum absolute atomic E-state index is 14.0. The molecule has 0 radical (unpaired) electrons. The summed E-state index contributed by atoms with van der Waals surface area (Å²) in [6, 6.07) is 5.69. The van der Waals surface area contributed by atoms with E-state index in [1.54, 1.807) is 0 Å². The predicted octanol–water partition coefficient (Wildman–Crippen LogP) is -1.12. The van der Waals surface area contributed by atoms with Gasteiger partial charge in [-0.1, -0.05) is 35.0 Å². The van der Waals surface area contributed by atoms with Gasteiger partial charge in [0.15, 0.2) is 49.4 Å². The molecule has 26 heteroatoms. The molecule has 0 aromatic heterocycles. The Bertz CT molecular complexity index is 2070. The lowest BCUT2D eigenvalue weighted by Gasteiger charge is -2.55. The summed E-state index contributed by atoms with van der Waals surface area (Å²) in [5.41, 5.74) is -2.59. The molecule has 5 rings (SSSR count). The van der Waals surface area contributed by atoms with E-state index in [-0.39, 0.29) is 11.1 Å². The number of carbonyl (C=O) groups excluding carboxylic acids is 9. The Hall–Kier alpha value is -5.19. The fraction of sp³-hybridized carbons (Fsp3) is 0.643. The molecule has 68 heavy (non-hydrogen) atoms. The van der Waals surface area contributed by atoms with E-state index in [0.717, 1.165) is 48.5 Å². The van der Waals surface area contributed by atoms with E-state index < -0.39 is 170 Å². The summed E-state index contributed by atoms with van der Waals surface area (Å²) >= 11 is 3.32. The highest BCUT2D eigenvalue weighted by Crippen LogP contribution is 2.46. The second-order valence-corrected chi connectivity index (χ2v) is 17.3. The summed E-state index contributed by atoms with van der Waals surface area (Å²) in [5.74, 6) is -8.68. The summed E-state index contributed by atoms with van der Waals surface area (Å²) in [5, 5.41) is 34.6. The minimum absolute atomic E-state index is 0.0723. The van der Waals surface area contributed by atoms with Crippen LogP contribution >= 0.6 is 15.9 Å². The number of fused-ring (bicyclic) bond motifs is 1. The molecule has 1 aromatic rings. The molecular formula is C42H52BrNO24. The zero-order valence-corrected chi connectivity index (χ0v) is 39.4. The maximum atomic E-state index is 14.0. The van der Waals surface area contributed by atoms with Crippen LogP contribution in [-0.2, 0) is 90.4 Å². The van der Waals surface area contributed by atoms with Crippen LogP contribution in [0.2, 0.25) is 0 Å². The van der Waals surface area contributed by atoms with Gasteiger partial charge in [-0.3, -0.25) is 48.1 Å². The molecule has 376 valence electrons. The Balaban J connectivity index is 1.63. The Morgan fingerprint density at radius 2 is 0.971 bits per heavy atom. The zero-order chi connectivity index (χ0) is 50.5. The van der Waals surface area contributed by atoms with Crippen molar-refractivity contribution in [3.8, 4) is 0 Å². The molecule has 4 aliphatic rings. The number of alkyl halides is 1. The normalized spacial score (nSPS) is 33.9. The average molecular weight is 1030 g/mol. The first kappa shape index (κ1) is 53.8. The molecule has 1 aromatic carbocycles. The highest BCUT2D eigenvalue weighted by molar-refractivity contribution is 9.09. The van der Waals surface area contributed by atoms with Crippen LogP contribution in [0.25, 0.3) is 0 Å². The molecular weight excluding hydrogens is 982 g/mol. The van der Waals surface area contributed by atoms with Gasteiger partial charge in [0, 0.05) is 53.3 Å². The van der Waals surface area contributed by atoms with E-state index in [9.17, 15) is 58.5 Å². The standard InChI is InChI=1S/C42H52BrNO24/c1-16(43)42(44-37(54)24-11-9-10-12-25(24)38(44)55)36(53)31(26(13-45)66-41(42)56)68-40-35(63-23(8)52)33(61-21(6)50)30(28(65-40)15-58-18(3)47)67-39-34(62-22(7)51)32(60-20(5)49)29(59-19(4)48)27(64-39)14-57-17(2)46/h9-12,16,26-36,39-41,45,53,56H,13-15H2,1-8H3/t16?,26-,27-,28-,29+,30+,31-,32+,33+,34-,35-,36+,39-,40+,41-,42-/m1/s1. The first-order valence-corrected chi connectivity index (χ1v) is 21.8. The summed E-state index contributed by atoms with van der Waals surface area (Å²) in [6.07, 6.45) is -26.5. The third-order valence-corrected chi connectivity index (χ3v) is 11.8. The van der Waals surface area contributed by atoms with Crippen molar-refractivity contribution >= 4 is 69.5 Å². The number of aliphatic hydroxyl groups is 3. The van der Waals surface area contributed by atoms with Crippen LogP contribution < -0.4 is 0 Å². The Morgan fingerprint density at radius 1 is 0.588 bits per heavy atom. The quantitative estimate of drug-likeness (QED) is 0.0764. The molecule has 3 fully saturated rings. The Morgan fingerprint density at radius 3 is 1.37 bits per heavy atom. The second-order valence-electron chi connectivity index (χ2n) is 15.9. The number of esters is 7. The lowest BCUT2D eigenvalue weighted by atomic mass is 9.79. The van der Waals surface area contributed by atoms with Crippen molar-refractivity contribution in [3.63, 3.8) is 0 Å². The van der Waals surface area contributed by atoms with Gasteiger partial charge in [0.05, 0.1) is 17.7 Å². The largest absolute Gasteiger partial charge is 0.463 e. The first-order valence-electron chi connectivity index (χ1n) is 20.9. The van der Waals surface area contributed by atoms with Crippen LogP contribution in [0, 0.1) is 0 Å². The minimum Gasteiger partial charge on any atom is -0.463 e. The summed E-state index contributed by atoms with van der Waals surface area (Å²) < 4.78 is 69.0. The molecule has 16 atom stereocenters.